The van der Waals surface area contributed by atoms with E-state index in [9.17, 15) is 0 Å². The smallest absolute Gasteiger partial charge is 0.0172 e. The predicted molar refractivity (Wildman–Crippen MR) is 108 cm³/mol. The van der Waals surface area contributed by atoms with Gasteiger partial charge in [0.2, 0.25) is 0 Å². The normalized spacial score (nSPS) is 13.6. The minimum atomic E-state index is 1.13. The lowest BCUT2D eigenvalue weighted by atomic mass is 9.91. The Hall–Kier alpha value is -2.86. The molecule has 4 rings (SSSR count). The van der Waals surface area contributed by atoms with Crippen LogP contribution in [0, 0.1) is 6.92 Å². The van der Waals surface area contributed by atoms with Crippen LogP contribution in [0.1, 0.15) is 24.0 Å². The van der Waals surface area contributed by atoms with E-state index in [4.69, 9.17) is 0 Å². The molecule has 122 valence electrons. The highest BCUT2D eigenvalue weighted by Gasteiger charge is 2.09. The average molecular weight is 322 g/mol. The molecule has 0 N–H and O–H groups in total. The fourth-order valence-corrected chi connectivity index (χ4v) is 3.41. The largest absolute Gasteiger partial charge is 0.0836 e. The second-order valence-electron chi connectivity index (χ2n) is 6.67. The van der Waals surface area contributed by atoms with Crippen LogP contribution in [0.25, 0.3) is 27.8 Å². The highest BCUT2D eigenvalue weighted by Crippen LogP contribution is 2.32. The molecular weight excluding hydrogens is 300 g/mol. The molecule has 0 atom stereocenters. The van der Waals surface area contributed by atoms with Gasteiger partial charge < -0.3 is 0 Å². The first kappa shape index (κ1) is 15.7. The first-order valence-corrected chi connectivity index (χ1v) is 8.94. The Balaban J connectivity index is 1.89. The molecule has 1 aliphatic rings. The van der Waals surface area contributed by atoms with Crippen LogP contribution < -0.4 is 0 Å². The fourth-order valence-electron chi connectivity index (χ4n) is 3.41. The van der Waals surface area contributed by atoms with Crippen molar-refractivity contribution in [3.8, 4) is 22.3 Å². The molecule has 0 aliphatic heterocycles. The topological polar surface area (TPSA) is 0 Å². The van der Waals surface area contributed by atoms with E-state index in [-0.39, 0.29) is 0 Å². The van der Waals surface area contributed by atoms with Gasteiger partial charge in [-0.1, -0.05) is 78.4 Å². The van der Waals surface area contributed by atoms with Gasteiger partial charge in [-0.2, -0.15) is 0 Å². The van der Waals surface area contributed by atoms with Crippen LogP contribution in [0.2, 0.25) is 0 Å². The summed E-state index contributed by atoms with van der Waals surface area (Å²) in [5, 5.41) is 0. The van der Waals surface area contributed by atoms with Gasteiger partial charge in [0, 0.05) is 0 Å². The van der Waals surface area contributed by atoms with E-state index in [0.29, 0.717) is 0 Å². The molecular formula is C25H22. The van der Waals surface area contributed by atoms with Crippen LogP contribution in [0.15, 0.2) is 91.0 Å². The van der Waals surface area contributed by atoms with Crippen LogP contribution in [-0.4, -0.2) is 0 Å². The minimum Gasteiger partial charge on any atom is -0.0836 e. The average Bonchev–Trinajstić information content (AvgIpc) is 2.69. The van der Waals surface area contributed by atoms with Gasteiger partial charge in [-0.15, -0.1) is 0 Å². The molecule has 0 nitrogen and oxygen atoms in total. The SMILES string of the molecule is Cc1cccc(-c2cc(C3=CCCC=C3)cc(-c3ccccc3)c2)c1. The third kappa shape index (κ3) is 3.49. The van der Waals surface area contributed by atoms with Gasteiger partial charge in [-0.3, -0.25) is 0 Å². The molecule has 25 heavy (non-hydrogen) atoms. The molecule has 3 aromatic carbocycles. The second kappa shape index (κ2) is 6.94. The molecule has 0 saturated heterocycles. The highest BCUT2D eigenvalue weighted by molar-refractivity contribution is 5.83. The maximum atomic E-state index is 2.35. The molecule has 0 aromatic heterocycles. The van der Waals surface area contributed by atoms with Crippen molar-refractivity contribution in [1.82, 2.24) is 0 Å². The van der Waals surface area contributed by atoms with Gasteiger partial charge >= 0.3 is 0 Å². The highest BCUT2D eigenvalue weighted by atomic mass is 14.1. The van der Waals surface area contributed by atoms with E-state index in [1.165, 1.54) is 39.0 Å². The lowest BCUT2D eigenvalue weighted by Crippen LogP contribution is -1.90. The van der Waals surface area contributed by atoms with Gasteiger partial charge in [0.05, 0.1) is 0 Å². The monoisotopic (exact) mass is 322 g/mol. The van der Waals surface area contributed by atoms with Crippen molar-refractivity contribution >= 4 is 5.57 Å². The van der Waals surface area contributed by atoms with Crippen molar-refractivity contribution in [2.75, 3.05) is 0 Å². The zero-order valence-electron chi connectivity index (χ0n) is 14.6. The molecule has 1 aliphatic carbocycles. The van der Waals surface area contributed by atoms with Crippen LogP contribution in [0.4, 0.5) is 0 Å². The number of hydrogen-bond donors (Lipinski definition) is 0. The summed E-state index contributed by atoms with van der Waals surface area (Å²) >= 11 is 0. The van der Waals surface area contributed by atoms with Crippen molar-refractivity contribution < 1.29 is 0 Å². The molecule has 0 bridgehead atoms. The number of rotatable bonds is 3. The van der Waals surface area contributed by atoms with Crippen LogP contribution in [0.3, 0.4) is 0 Å². The van der Waals surface area contributed by atoms with Crippen molar-refractivity contribution in [1.29, 1.82) is 0 Å². The van der Waals surface area contributed by atoms with Crippen molar-refractivity contribution in [3.63, 3.8) is 0 Å². The summed E-state index contributed by atoms with van der Waals surface area (Å²) < 4.78 is 0. The summed E-state index contributed by atoms with van der Waals surface area (Å²) in [5.74, 6) is 0. The Kier molecular flexibility index (Phi) is 4.35. The number of benzene rings is 3. The molecule has 0 amide bonds. The van der Waals surface area contributed by atoms with E-state index >= 15 is 0 Å². The van der Waals surface area contributed by atoms with Crippen molar-refractivity contribution in [3.05, 3.63) is 102 Å². The van der Waals surface area contributed by atoms with Crippen LogP contribution in [0.5, 0.6) is 0 Å². The van der Waals surface area contributed by atoms with E-state index in [1.54, 1.807) is 0 Å². The maximum absolute atomic E-state index is 2.35. The third-order valence-corrected chi connectivity index (χ3v) is 4.72. The molecule has 0 saturated carbocycles. The zero-order valence-corrected chi connectivity index (χ0v) is 14.6. The second-order valence-corrected chi connectivity index (χ2v) is 6.67. The Labute approximate surface area is 150 Å². The summed E-state index contributed by atoms with van der Waals surface area (Å²) in [6.07, 6.45) is 9.16. The molecule has 0 spiro atoms. The van der Waals surface area contributed by atoms with Gasteiger partial charge in [0.15, 0.2) is 0 Å². The van der Waals surface area contributed by atoms with Gasteiger partial charge in [0.25, 0.3) is 0 Å². The van der Waals surface area contributed by atoms with Gasteiger partial charge in [-0.05, 0) is 71.4 Å². The Morgan fingerprint density at radius 2 is 1.32 bits per heavy atom. The van der Waals surface area contributed by atoms with E-state index in [0.717, 1.165) is 12.8 Å². The summed E-state index contributed by atoms with van der Waals surface area (Å²) in [6, 6.07) is 26.3. The number of hydrogen-bond acceptors (Lipinski definition) is 0. The lowest BCUT2D eigenvalue weighted by molar-refractivity contribution is 1.04. The number of aryl methyl sites for hydroxylation is 1. The zero-order chi connectivity index (χ0) is 17.1. The summed E-state index contributed by atoms with van der Waals surface area (Å²) in [5.41, 5.74) is 9.01. The molecule has 0 heteroatoms. The Morgan fingerprint density at radius 3 is 2.04 bits per heavy atom. The van der Waals surface area contributed by atoms with Crippen LogP contribution >= 0.6 is 0 Å². The van der Waals surface area contributed by atoms with Crippen molar-refractivity contribution in [2.45, 2.75) is 19.8 Å². The maximum Gasteiger partial charge on any atom is -0.0172 e. The minimum absolute atomic E-state index is 1.13. The first-order chi connectivity index (χ1) is 12.3. The molecule has 0 heterocycles. The molecule has 3 aromatic rings. The predicted octanol–water partition coefficient (Wildman–Crippen LogP) is 7.06. The molecule has 0 radical (unpaired) electrons. The Morgan fingerprint density at radius 1 is 0.600 bits per heavy atom. The molecule has 0 fully saturated rings. The van der Waals surface area contributed by atoms with E-state index < -0.39 is 0 Å². The number of allylic oxidation sites excluding steroid dienone is 4. The third-order valence-electron chi connectivity index (χ3n) is 4.72. The van der Waals surface area contributed by atoms with E-state index in [1.807, 2.05) is 0 Å². The summed E-state index contributed by atoms with van der Waals surface area (Å²) in [6.45, 7) is 2.15. The summed E-state index contributed by atoms with van der Waals surface area (Å²) in [7, 11) is 0. The standard InChI is InChI=1S/C25H22/c1-19-9-8-14-22(15-19)25-17-23(20-10-4-2-5-11-20)16-24(18-25)21-12-6-3-7-13-21/h2,4-6,8-18H,3,7H2,1H3. The summed E-state index contributed by atoms with van der Waals surface area (Å²) in [4.78, 5) is 0. The van der Waals surface area contributed by atoms with Gasteiger partial charge in [-0.25, -0.2) is 0 Å². The molecule has 0 unspecified atom stereocenters. The quantitative estimate of drug-likeness (QED) is 0.484. The van der Waals surface area contributed by atoms with E-state index in [2.05, 4.69) is 97.9 Å². The lowest BCUT2D eigenvalue weighted by Gasteiger charge is -2.13. The first-order valence-electron chi connectivity index (χ1n) is 8.94. The Bertz CT molecular complexity index is 943. The van der Waals surface area contributed by atoms with Crippen molar-refractivity contribution in [2.24, 2.45) is 0 Å². The van der Waals surface area contributed by atoms with Crippen LogP contribution in [-0.2, 0) is 0 Å². The van der Waals surface area contributed by atoms with Gasteiger partial charge in [0.1, 0.15) is 0 Å². The fraction of sp³-hybridized carbons (Fsp3) is 0.120.